The minimum absolute atomic E-state index is 0.697. The van der Waals surface area contributed by atoms with Crippen molar-refractivity contribution >= 4 is 23.1 Å². The second kappa shape index (κ2) is 6.62. The van der Waals surface area contributed by atoms with Crippen molar-refractivity contribution in [3.05, 3.63) is 11.6 Å². The smallest absolute Gasteiger partial charge is 0.150 e. The molecule has 1 saturated carbocycles. The van der Waals surface area contributed by atoms with Gasteiger partial charge < -0.3 is 5.32 Å². The summed E-state index contributed by atoms with van der Waals surface area (Å²) in [6.45, 7) is 3.39. The van der Waals surface area contributed by atoms with E-state index in [1.54, 1.807) is 11.3 Å². The summed E-state index contributed by atoms with van der Waals surface area (Å²) in [5.74, 6) is 0. The summed E-state index contributed by atoms with van der Waals surface area (Å²) < 4.78 is 1.23. The van der Waals surface area contributed by atoms with Gasteiger partial charge in [-0.25, -0.2) is 4.98 Å². The number of hydrogen-bond acceptors (Lipinski definition) is 4. The third-order valence-corrected chi connectivity index (χ3v) is 5.34. The SMILES string of the molecule is CCCNC1CCCCC1Sc1nccs1. The molecule has 1 aromatic heterocycles. The van der Waals surface area contributed by atoms with Crippen molar-refractivity contribution in [2.45, 2.75) is 54.7 Å². The minimum Gasteiger partial charge on any atom is -0.313 e. The quantitative estimate of drug-likeness (QED) is 0.872. The van der Waals surface area contributed by atoms with E-state index in [9.17, 15) is 0 Å². The van der Waals surface area contributed by atoms with Gasteiger partial charge in [-0.1, -0.05) is 31.5 Å². The van der Waals surface area contributed by atoms with Crippen LogP contribution in [0.4, 0.5) is 0 Å². The Morgan fingerprint density at radius 1 is 1.50 bits per heavy atom. The Balaban J connectivity index is 1.88. The van der Waals surface area contributed by atoms with Crippen LogP contribution in [0.5, 0.6) is 0 Å². The molecule has 2 rings (SSSR count). The van der Waals surface area contributed by atoms with E-state index in [1.807, 2.05) is 18.0 Å². The fraction of sp³-hybridized carbons (Fsp3) is 0.750. The highest BCUT2D eigenvalue weighted by Crippen LogP contribution is 2.34. The molecule has 0 saturated heterocycles. The van der Waals surface area contributed by atoms with Crippen LogP contribution in [0, 0.1) is 0 Å². The summed E-state index contributed by atoms with van der Waals surface area (Å²) in [5, 5.41) is 6.49. The summed E-state index contributed by atoms with van der Waals surface area (Å²) in [6, 6.07) is 0.697. The fourth-order valence-corrected chi connectivity index (χ4v) is 4.38. The molecule has 2 nitrogen and oxygen atoms in total. The Hall–Kier alpha value is -0.0600. The van der Waals surface area contributed by atoms with Gasteiger partial charge in [-0.15, -0.1) is 11.3 Å². The lowest BCUT2D eigenvalue weighted by molar-refractivity contribution is 0.384. The molecule has 0 aromatic carbocycles. The van der Waals surface area contributed by atoms with Gasteiger partial charge in [0.15, 0.2) is 0 Å². The van der Waals surface area contributed by atoms with Crippen molar-refractivity contribution in [1.82, 2.24) is 10.3 Å². The highest BCUT2D eigenvalue weighted by Gasteiger charge is 2.25. The molecule has 2 atom stereocenters. The standard InChI is InChI=1S/C12H20N2S2/c1-2-7-13-10-5-3-4-6-11(10)16-12-14-8-9-15-12/h8-11,13H,2-7H2,1H3. The fourth-order valence-electron chi connectivity index (χ4n) is 2.20. The van der Waals surface area contributed by atoms with Crippen LogP contribution in [0.15, 0.2) is 15.9 Å². The zero-order valence-corrected chi connectivity index (χ0v) is 11.4. The van der Waals surface area contributed by atoms with Gasteiger partial charge >= 0.3 is 0 Å². The van der Waals surface area contributed by atoms with Gasteiger partial charge in [-0.2, -0.15) is 0 Å². The average molecular weight is 256 g/mol. The number of nitrogens with one attached hydrogen (secondary N) is 1. The number of thioether (sulfide) groups is 1. The summed E-state index contributed by atoms with van der Waals surface area (Å²) in [4.78, 5) is 4.38. The topological polar surface area (TPSA) is 24.9 Å². The molecular formula is C12H20N2S2. The maximum Gasteiger partial charge on any atom is 0.150 e. The van der Waals surface area contributed by atoms with Crippen molar-refractivity contribution in [1.29, 1.82) is 0 Å². The molecule has 1 fully saturated rings. The predicted octanol–water partition coefficient (Wildman–Crippen LogP) is 3.55. The van der Waals surface area contributed by atoms with Gasteiger partial charge in [0, 0.05) is 22.9 Å². The molecular weight excluding hydrogens is 236 g/mol. The van der Waals surface area contributed by atoms with E-state index in [0.717, 1.165) is 11.8 Å². The van der Waals surface area contributed by atoms with Crippen molar-refractivity contribution < 1.29 is 0 Å². The third-order valence-electron chi connectivity index (χ3n) is 3.02. The van der Waals surface area contributed by atoms with E-state index < -0.39 is 0 Å². The molecule has 1 aromatic rings. The summed E-state index contributed by atoms with van der Waals surface area (Å²) in [6.07, 6.45) is 8.58. The molecule has 0 aliphatic heterocycles. The number of hydrogen-bond donors (Lipinski definition) is 1. The van der Waals surface area contributed by atoms with E-state index in [0.29, 0.717) is 6.04 Å². The molecule has 0 radical (unpaired) electrons. The summed E-state index contributed by atoms with van der Waals surface area (Å²) in [5.41, 5.74) is 0. The first-order valence-electron chi connectivity index (χ1n) is 6.19. The number of aromatic nitrogens is 1. The number of rotatable bonds is 5. The van der Waals surface area contributed by atoms with Gasteiger partial charge in [-0.05, 0) is 25.8 Å². The lowest BCUT2D eigenvalue weighted by Gasteiger charge is -2.31. The zero-order chi connectivity index (χ0) is 11.2. The Bertz CT molecular complexity index is 287. The highest BCUT2D eigenvalue weighted by molar-refractivity contribution is 8.01. The van der Waals surface area contributed by atoms with Gasteiger partial charge in [0.1, 0.15) is 4.34 Å². The highest BCUT2D eigenvalue weighted by atomic mass is 32.2. The Morgan fingerprint density at radius 2 is 2.38 bits per heavy atom. The molecule has 16 heavy (non-hydrogen) atoms. The maximum absolute atomic E-state index is 4.38. The van der Waals surface area contributed by atoms with Crippen molar-refractivity contribution in [3.8, 4) is 0 Å². The zero-order valence-electron chi connectivity index (χ0n) is 9.82. The van der Waals surface area contributed by atoms with Crippen LogP contribution in [-0.4, -0.2) is 22.8 Å². The van der Waals surface area contributed by atoms with Gasteiger partial charge in [0.25, 0.3) is 0 Å². The molecule has 1 aliphatic rings. The molecule has 0 bridgehead atoms. The van der Waals surface area contributed by atoms with E-state index in [4.69, 9.17) is 0 Å². The average Bonchev–Trinajstić information content (AvgIpc) is 2.81. The lowest BCUT2D eigenvalue weighted by atomic mass is 9.95. The monoisotopic (exact) mass is 256 g/mol. The normalized spacial score (nSPS) is 25.8. The van der Waals surface area contributed by atoms with E-state index in [1.165, 1.54) is 36.4 Å². The summed E-state index contributed by atoms with van der Waals surface area (Å²) in [7, 11) is 0. The maximum atomic E-state index is 4.38. The lowest BCUT2D eigenvalue weighted by Crippen LogP contribution is -2.40. The molecule has 2 unspecified atom stereocenters. The molecule has 0 amide bonds. The molecule has 90 valence electrons. The van der Waals surface area contributed by atoms with Crippen LogP contribution in [0.2, 0.25) is 0 Å². The molecule has 0 spiro atoms. The van der Waals surface area contributed by atoms with Crippen molar-refractivity contribution in [2.75, 3.05) is 6.54 Å². The summed E-state index contributed by atoms with van der Waals surface area (Å²) >= 11 is 3.74. The van der Waals surface area contributed by atoms with Crippen LogP contribution in [0.3, 0.4) is 0 Å². The first-order valence-corrected chi connectivity index (χ1v) is 7.95. The van der Waals surface area contributed by atoms with E-state index in [2.05, 4.69) is 22.6 Å². The largest absolute Gasteiger partial charge is 0.313 e. The molecule has 1 aliphatic carbocycles. The molecule has 1 heterocycles. The Labute approximate surface area is 106 Å². The van der Waals surface area contributed by atoms with Crippen LogP contribution in [0.1, 0.15) is 39.0 Å². The molecule has 1 N–H and O–H groups in total. The van der Waals surface area contributed by atoms with Crippen LogP contribution in [0.25, 0.3) is 0 Å². The van der Waals surface area contributed by atoms with Crippen LogP contribution >= 0.6 is 23.1 Å². The van der Waals surface area contributed by atoms with Gasteiger partial charge in [0.2, 0.25) is 0 Å². The first kappa shape index (κ1) is 12.4. The first-order chi connectivity index (χ1) is 7.90. The number of nitrogens with zero attached hydrogens (tertiary/aromatic N) is 1. The van der Waals surface area contributed by atoms with Crippen molar-refractivity contribution in [3.63, 3.8) is 0 Å². The van der Waals surface area contributed by atoms with Crippen LogP contribution < -0.4 is 5.32 Å². The van der Waals surface area contributed by atoms with Crippen LogP contribution in [-0.2, 0) is 0 Å². The second-order valence-electron chi connectivity index (χ2n) is 4.30. The Morgan fingerprint density at radius 3 is 3.12 bits per heavy atom. The minimum atomic E-state index is 0.697. The Kier molecular flexibility index (Phi) is 5.13. The second-order valence-corrected chi connectivity index (χ2v) is 6.68. The predicted molar refractivity (Wildman–Crippen MR) is 72.3 cm³/mol. The molecule has 4 heteroatoms. The van der Waals surface area contributed by atoms with E-state index >= 15 is 0 Å². The third kappa shape index (κ3) is 3.47. The number of thiazole rings is 1. The van der Waals surface area contributed by atoms with Crippen molar-refractivity contribution in [2.24, 2.45) is 0 Å². The van der Waals surface area contributed by atoms with Gasteiger partial charge in [0.05, 0.1) is 0 Å². The van der Waals surface area contributed by atoms with Gasteiger partial charge in [-0.3, -0.25) is 0 Å². The van der Waals surface area contributed by atoms with E-state index in [-0.39, 0.29) is 0 Å².